The van der Waals surface area contributed by atoms with Gasteiger partial charge in [0.25, 0.3) is 0 Å². The molecule has 1 aromatic carbocycles. The molecular weight excluding hydrogens is 300 g/mol. The van der Waals surface area contributed by atoms with Gasteiger partial charge < -0.3 is 10.1 Å². The van der Waals surface area contributed by atoms with Crippen molar-refractivity contribution in [2.24, 2.45) is 0 Å². The fourth-order valence-corrected chi connectivity index (χ4v) is 2.49. The zero-order valence-corrected chi connectivity index (χ0v) is 13.7. The van der Waals surface area contributed by atoms with Gasteiger partial charge in [0, 0.05) is 12.1 Å². The lowest BCUT2D eigenvalue weighted by Crippen LogP contribution is -2.22. The molecule has 0 aliphatic heterocycles. The predicted molar refractivity (Wildman–Crippen MR) is 87.3 cm³/mol. The fraction of sp³-hybridized carbons (Fsp3) is 0.400. The quantitative estimate of drug-likeness (QED) is 0.767. The maximum absolute atomic E-state index is 12.2. The minimum atomic E-state index is -0.285. The van der Waals surface area contributed by atoms with Gasteiger partial charge >= 0.3 is 0 Å². The van der Waals surface area contributed by atoms with E-state index in [4.69, 9.17) is 4.74 Å². The number of hydrogen-bond acceptors (Lipinski definition) is 5. The number of amides is 1. The highest BCUT2D eigenvalue weighted by molar-refractivity contribution is 8.00. The van der Waals surface area contributed by atoms with Gasteiger partial charge in [-0.1, -0.05) is 18.7 Å². The summed E-state index contributed by atoms with van der Waals surface area (Å²) < 4.78 is 5.37. The third kappa shape index (κ3) is 4.49. The third-order valence-corrected chi connectivity index (χ3v) is 3.89. The summed E-state index contributed by atoms with van der Waals surface area (Å²) in [5.41, 5.74) is 0.741. The molecular formula is C15H20N4O2S. The van der Waals surface area contributed by atoms with Crippen LogP contribution in [-0.4, -0.2) is 32.9 Å². The number of benzene rings is 1. The number of aryl methyl sites for hydroxylation is 1. The third-order valence-electron chi connectivity index (χ3n) is 2.93. The predicted octanol–water partition coefficient (Wildman–Crippen LogP) is 2.89. The zero-order chi connectivity index (χ0) is 15.9. The number of ether oxygens (including phenoxy) is 1. The van der Waals surface area contributed by atoms with Gasteiger partial charge in [0.15, 0.2) is 0 Å². The topological polar surface area (TPSA) is 79.9 Å². The molecule has 0 aliphatic carbocycles. The van der Waals surface area contributed by atoms with Crippen molar-refractivity contribution in [1.82, 2.24) is 15.2 Å². The van der Waals surface area contributed by atoms with Gasteiger partial charge in [-0.05, 0) is 38.1 Å². The maximum Gasteiger partial charge on any atom is 0.237 e. The Kier molecular flexibility index (Phi) is 5.83. The van der Waals surface area contributed by atoms with Gasteiger partial charge in [0.05, 0.1) is 11.9 Å². The smallest absolute Gasteiger partial charge is 0.237 e. The van der Waals surface area contributed by atoms with Crippen molar-refractivity contribution in [1.29, 1.82) is 0 Å². The first-order valence-corrected chi connectivity index (χ1v) is 8.12. The first kappa shape index (κ1) is 16.4. The van der Waals surface area contributed by atoms with Crippen LogP contribution in [0, 0.1) is 0 Å². The van der Waals surface area contributed by atoms with Crippen molar-refractivity contribution in [3.05, 3.63) is 30.1 Å². The molecule has 0 unspecified atom stereocenters. The minimum absolute atomic E-state index is 0.0861. The molecule has 0 fully saturated rings. The number of nitrogens with one attached hydrogen (secondary N) is 2. The van der Waals surface area contributed by atoms with E-state index in [1.54, 1.807) is 0 Å². The Bertz CT molecular complexity index is 612. The van der Waals surface area contributed by atoms with Gasteiger partial charge in [0.1, 0.15) is 11.6 Å². The number of aromatic nitrogens is 3. The van der Waals surface area contributed by atoms with E-state index < -0.39 is 0 Å². The number of carbonyl (C=O) groups excluding carboxylic acids is 1. The van der Waals surface area contributed by atoms with Gasteiger partial charge in [-0.3, -0.25) is 9.89 Å². The summed E-state index contributed by atoms with van der Waals surface area (Å²) in [6.45, 7) is 6.38. The number of hydrogen-bond donors (Lipinski definition) is 2. The van der Waals surface area contributed by atoms with Gasteiger partial charge in [-0.15, -0.1) is 5.10 Å². The summed E-state index contributed by atoms with van der Waals surface area (Å²) in [6.07, 6.45) is 0.792. The van der Waals surface area contributed by atoms with E-state index in [0.717, 1.165) is 23.7 Å². The number of H-pyrrole nitrogens is 1. The van der Waals surface area contributed by atoms with Crippen molar-refractivity contribution < 1.29 is 9.53 Å². The van der Waals surface area contributed by atoms with Crippen LogP contribution in [0.5, 0.6) is 5.75 Å². The molecule has 0 saturated heterocycles. The number of rotatable bonds is 7. The Morgan fingerprint density at radius 1 is 1.36 bits per heavy atom. The van der Waals surface area contributed by atoms with E-state index >= 15 is 0 Å². The molecule has 6 nitrogen and oxygen atoms in total. The molecule has 0 aliphatic rings. The van der Waals surface area contributed by atoms with E-state index in [9.17, 15) is 4.79 Å². The first-order valence-electron chi connectivity index (χ1n) is 7.24. The zero-order valence-electron chi connectivity index (χ0n) is 12.9. The molecule has 1 heterocycles. The second kappa shape index (κ2) is 7.84. The molecule has 0 radical (unpaired) electrons. The lowest BCUT2D eigenvalue weighted by molar-refractivity contribution is -0.115. The van der Waals surface area contributed by atoms with Crippen LogP contribution in [0.4, 0.5) is 5.69 Å². The van der Waals surface area contributed by atoms with E-state index in [2.05, 4.69) is 20.5 Å². The minimum Gasteiger partial charge on any atom is -0.494 e. The van der Waals surface area contributed by atoms with Crippen LogP contribution in [0.1, 0.15) is 26.6 Å². The average Bonchev–Trinajstić information content (AvgIpc) is 2.97. The summed E-state index contributed by atoms with van der Waals surface area (Å²) in [6, 6.07) is 7.31. The van der Waals surface area contributed by atoms with Gasteiger partial charge in [-0.2, -0.15) is 0 Å². The monoisotopic (exact) mass is 320 g/mol. The Morgan fingerprint density at radius 2 is 2.09 bits per heavy atom. The Labute approximate surface area is 134 Å². The molecule has 118 valence electrons. The van der Waals surface area contributed by atoms with Crippen LogP contribution in [0.2, 0.25) is 0 Å². The number of anilines is 1. The maximum atomic E-state index is 12.2. The van der Waals surface area contributed by atoms with Crippen molar-refractivity contribution in [3.63, 3.8) is 0 Å². The van der Waals surface area contributed by atoms with Crippen LogP contribution >= 0.6 is 11.8 Å². The molecule has 1 atom stereocenters. The van der Waals surface area contributed by atoms with E-state index in [-0.39, 0.29) is 11.2 Å². The molecule has 2 rings (SSSR count). The summed E-state index contributed by atoms with van der Waals surface area (Å²) >= 11 is 1.33. The largest absolute Gasteiger partial charge is 0.494 e. The summed E-state index contributed by atoms with van der Waals surface area (Å²) in [4.78, 5) is 16.5. The first-order chi connectivity index (χ1) is 10.6. The van der Waals surface area contributed by atoms with Crippen LogP contribution in [-0.2, 0) is 11.2 Å². The van der Waals surface area contributed by atoms with Crippen molar-refractivity contribution in [2.75, 3.05) is 11.9 Å². The lowest BCUT2D eigenvalue weighted by Gasteiger charge is -2.10. The number of carbonyl (C=O) groups is 1. The Hall–Kier alpha value is -2.02. The second-order valence-corrected chi connectivity index (χ2v) is 5.93. The van der Waals surface area contributed by atoms with Gasteiger partial charge in [-0.25, -0.2) is 4.98 Å². The Morgan fingerprint density at radius 3 is 2.68 bits per heavy atom. The molecule has 0 bridgehead atoms. The Balaban J connectivity index is 1.90. The lowest BCUT2D eigenvalue weighted by atomic mass is 10.3. The fourth-order valence-electron chi connectivity index (χ4n) is 1.75. The highest BCUT2D eigenvalue weighted by Crippen LogP contribution is 2.21. The van der Waals surface area contributed by atoms with Crippen molar-refractivity contribution >= 4 is 23.4 Å². The summed E-state index contributed by atoms with van der Waals surface area (Å²) in [5.74, 6) is 1.52. The second-order valence-electron chi connectivity index (χ2n) is 4.62. The molecule has 1 aromatic heterocycles. The molecule has 1 amide bonds. The van der Waals surface area contributed by atoms with Gasteiger partial charge in [0.2, 0.25) is 11.1 Å². The van der Waals surface area contributed by atoms with Crippen LogP contribution < -0.4 is 10.1 Å². The average molecular weight is 320 g/mol. The molecule has 7 heteroatoms. The normalized spacial score (nSPS) is 12.0. The van der Waals surface area contributed by atoms with Crippen LogP contribution in [0.15, 0.2) is 29.4 Å². The number of thioether (sulfide) groups is 1. The molecule has 2 aromatic rings. The van der Waals surface area contributed by atoms with Crippen molar-refractivity contribution in [2.45, 2.75) is 37.6 Å². The number of aromatic amines is 1. The highest BCUT2D eigenvalue weighted by Gasteiger charge is 2.17. The van der Waals surface area contributed by atoms with Crippen LogP contribution in [0.25, 0.3) is 0 Å². The number of nitrogens with zero attached hydrogens (tertiary/aromatic N) is 2. The molecule has 22 heavy (non-hydrogen) atoms. The van der Waals surface area contributed by atoms with E-state index in [1.807, 2.05) is 45.0 Å². The molecule has 2 N–H and O–H groups in total. The highest BCUT2D eigenvalue weighted by atomic mass is 32.2. The van der Waals surface area contributed by atoms with E-state index in [1.165, 1.54) is 11.8 Å². The standard InChI is InChI=1S/C15H20N4O2S/c1-4-13-17-15(19-18-13)22-10(3)14(20)16-11-6-8-12(9-7-11)21-5-2/h6-10H,4-5H2,1-3H3,(H,16,20)(H,17,18,19)/t10-/m0/s1. The molecule has 0 spiro atoms. The summed E-state index contributed by atoms with van der Waals surface area (Å²) in [5, 5.41) is 10.1. The molecule has 0 saturated carbocycles. The van der Waals surface area contributed by atoms with Crippen molar-refractivity contribution in [3.8, 4) is 5.75 Å². The van der Waals surface area contributed by atoms with E-state index in [0.29, 0.717) is 11.8 Å². The SMILES string of the molecule is CCOc1ccc(NC(=O)[C@H](C)Sc2n[nH]c(CC)n2)cc1. The van der Waals surface area contributed by atoms with Crippen LogP contribution in [0.3, 0.4) is 0 Å². The summed E-state index contributed by atoms with van der Waals surface area (Å²) in [7, 11) is 0.